The maximum Gasteiger partial charge on any atom is 0.303 e. The van der Waals surface area contributed by atoms with Crippen molar-refractivity contribution in [2.24, 2.45) is 5.92 Å². The summed E-state index contributed by atoms with van der Waals surface area (Å²) in [5.74, 6) is -0.164. The Bertz CT molecular complexity index is 1590. The largest absolute Gasteiger partial charge is 0.453 e. The predicted molar refractivity (Wildman–Crippen MR) is 171 cm³/mol. The molecule has 0 radical (unpaired) electrons. The van der Waals surface area contributed by atoms with Crippen molar-refractivity contribution in [1.82, 2.24) is 15.3 Å². The molecular formula is C35H37N3O6S. The van der Waals surface area contributed by atoms with E-state index in [4.69, 9.17) is 14.2 Å². The van der Waals surface area contributed by atoms with Crippen molar-refractivity contribution in [3.8, 4) is 11.1 Å². The third-order valence-electron chi connectivity index (χ3n) is 7.64. The molecule has 1 amide bonds. The van der Waals surface area contributed by atoms with Crippen LogP contribution in [-0.4, -0.2) is 44.9 Å². The summed E-state index contributed by atoms with van der Waals surface area (Å²) >= 11 is 1.55. The molecule has 5 unspecified atom stereocenters. The summed E-state index contributed by atoms with van der Waals surface area (Å²) in [7, 11) is 0. The molecule has 1 fully saturated rings. The summed E-state index contributed by atoms with van der Waals surface area (Å²) in [4.78, 5) is 32.2. The van der Waals surface area contributed by atoms with Gasteiger partial charge < -0.3 is 24.6 Å². The standard InChI is InChI=1S/C35H37N3O6S/c1-22-31(21-45-35-36-15-6-16-37-35)43-34(44-32(22)27-13-11-25(20-39)12-14-27)30-10-5-9-29(18-30)28-8-4-7-26(17-28)19-38-33(41)23(2)42-24(3)40/h4-18,22-23,31-32,34,39H,19-21H2,1-3H3,(H,38,41). The Hall–Kier alpha value is -4.09. The summed E-state index contributed by atoms with van der Waals surface area (Å²) < 4.78 is 18.2. The maximum atomic E-state index is 12.3. The summed E-state index contributed by atoms with van der Waals surface area (Å²) in [6.45, 7) is 5.23. The molecule has 10 heteroatoms. The number of carbonyl (C=O) groups is 2. The Morgan fingerprint density at radius 3 is 2.36 bits per heavy atom. The van der Waals surface area contributed by atoms with Crippen LogP contribution in [0.4, 0.5) is 0 Å². The van der Waals surface area contributed by atoms with Crippen molar-refractivity contribution < 1.29 is 28.9 Å². The lowest BCUT2D eigenvalue weighted by molar-refractivity contribution is -0.268. The van der Waals surface area contributed by atoms with Crippen LogP contribution in [0.15, 0.2) is 96.4 Å². The van der Waals surface area contributed by atoms with Gasteiger partial charge in [-0.3, -0.25) is 9.59 Å². The lowest BCUT2D eigenvalue weighted by atomic mass is 9.91. The topological polar surface area (TPSA) is 120 Å². The van der Waals surface area contributed by atoms with Crippen molar-refractivity contribution >= 4 is 23.6 Å². The quantitative estimate of drug-likeness (QED) is 0.121. The Morgan fingerprint density at radius 1 is 0.933 bits per heavy atom. The molecule has 2 heterocycles. The van der Waals surface area contributed by atoms with Crippen LogP contribution in [0.3, 0.4) is 0 Å². The number of aromatic nitrogens is 2. The second-order valence-corrected chi connectivity index (χ2v) is 11.9. The summed E-state index contributed by atoms with van der Waals surface area (Å²) in [6, 6.07) is 25.6. The number of nitrogens with one attached hydrogen (secondary N) is 1. The lowest BCUT2D eigenvalue weighted by Crippen LogP contribution is -2.38. The molecule has 1 aliphatic heterocycles. The van der Waals surface area contributed by atoms with Crippen molar-refractivity contribution in [3.05, 3.63) is 114 Å². The van der Waals surface area contributed by atoms with Crippen molar-refractivity contribution in [3.63, 3.8) is 0 Å². The highest BCUT2D eigenvalue weighted by Gasteiger charge is 2.38. The number of thioether (sulfide) groups is 1. The van der Waals surface area contributed by atoms with Crippen LogP contribution in [0, 0.1) is 5.92 Å². The lowest BCUT2D eigenvalue weighted by Gasteiger charge is -2.41. The number of aliphatic hydroxyl groups is 1. The second kappa shape index (κ2) is 15.3. The van der Waals surface area contributed by atoms with Crippen LogP contribution in [0.5, 0.6) is 0 Å². The van der Waals surface area contributed by atoms with Gasteiger partial charge in [0.05, 0.1) is 18.8 Å². The molecule has 3 aromatic carbocycles. The highest BCUT2D eigenvalue weighted by atomic mass is 32.2. The average molecular weight is 628 g/mol. The van der Waals surface area contributed by atoms with Gasteiger partial charge in [0.15, 0.2) is 17.6 Å². The van der Waals surface area contributed by atoms with Gasteiger partial charge in [-0.25, -0.2) is 9.97 Å². The molecule has 2 N–H and O–H groups in total. The van der Waals surface area contributed by atoms with Crippen LogP contribution < -0.4 is 5.32 Å². The first-order chi connectivity index (χ1) is 21.8. The van der Waals surface area contributed by atoms with Gasteiger partial charge in [0.1, 0.15) is 0 Å². The van der Waals surface area contributed by atoms with Crippen LogP contribution in [0.2, 0.25) is 0 Å². The molecule has 5 atom stereocenters. The fourth-order valence-corrected chi connectivity index (χ4v) is 6.15. The number of nitrogens with zero attached hydrogens (tertiary/aromatic N) is 2. The highest BCUT2D eigenvalue weighted by Crippen LogP contribution is 2.43. The molecule has 4 aromatic rings. The third-order valence-corrected chi connectivity index (χ3v) is 8.60. The van der Waals surface area contributed by atoms with E-state index in [0.29, 0.717) is 17.5 Å². The number of ether oxygens (including phenoxy) is 3. The zero-order chi connectivity index (χ0) is 31.8. The van der Waals surface area contributed by atoms with Crippen molar-refractivity contribution in [2.75, 3.05) is 5.75 Å². The number of benzene rings is 3. The fraction of sp³-hybridized carbons (Fsp3) is 0.314. The first-order valence-corrected chi connectivity index (χ1v) is 15.8. The van der Waals surface area contributed by atoms with E-state index >= 15 is 0 Å². The van der Waals surface area contributed by atoms with Gasteiger partial charge in [-0.1, -0.05) is 79.3 Å². The molecule has 45 heavy (non-hydrogen) atoms. The molecule has 234 valence electrons. The molecule has 5 rings (SSSR count). The number of carbonyl (C=O) groups excluding carboxylic acids is 2. The summed E-state index contributed by atoms with van der Waals surface area (Å²) in [6.07, 6.45) is 1.61. The zero-order valence-electron chi connectivity index (χ0n) is 25.5. The van der Waals surface area contributed by atoms with E-state index in [1.54, 1.807) is 37.1 Å². The van der Waals surface area contributed by atoms with Crippen LogP contribution >= 0.6 is 11.8 Å². The van der Waals surface area contributed by atoms with Gasteiger partial charge in [-0.15, -0.1) is 0 Å². The minimum absolute atomic E-state index is 0.0167. The third kappa shape index (κ3) is 8.55. The number of hydrogen-bond donors (Lipinski definition) is 2. The summed E-state index contributed by atoms with van der Waals surface area (Å²) in [5.41, 5.74) is 5.62. The van der Waals surface area contributed by atoms with Gasteiger partial charge >= 0.3 is 5.97 Å². The SMILES string of the molecule is CC(=O)OC(C)C(=O)NCc1cccc(-c2cccc(C3OC(CSc4ncccn4)C(C)C(c4ccc(CO)cc4)O3)c2)c1. The molecule has 0 bridgehead atoms. The molecular weight excluding hydrogens is 590 g/mol. The van der Waals surface area contributed by atoms with Gasteiger partial charge in [-0.2, -0.15) is 0 Å². The predicted octanol–water partition coefficient (Wildman–Crippen LogP) is 5.79. The highest BCUT2D eigenvalue weighted by molar-refractivity contribution is 7.99. The number of hydrogen-bond acceptors (Lipinski definition) is 9. The number of rotatable bonds is 11. The van der Waals surface area contributed by atoms with Crippen molar-refractivity contribution in [2.45, 2.75) is 63.7 Å². The molecule has 9 nitrogen and oxygen atoms in total. The number of amides is 1. The van der Waals surface area contributed by atoms with Crippen LogP contribution in [0.1, 0.15) is 55.4 Å². The second-order valence-electron chi connectivity index (χ2n) is 11.0. The van der Waals surface area contributed by atoms with Crippen LogP contribution in [0.25, 0.3) is 11.1 Å². The van der Waals surface area contributed by atoms with Gasteiger partial charge in [-0.05, 0) is 52.9 Å². The van der Waals surface area contributed by atoms with E-state index in [1.165, 1.54) is 6.92 Å². The number of esters is 1. The van der Waals surface area contributed by atoms with Gasteiger partial charge in [0, 0.05) is 43.1 Å². The zero-order valence-corrected chi connectivity index (χ0v) is 26.3. The van der Waals surface area contributed by atoms with E-state index in [-0.39, 0.29) is 30.6 Å². The first kappa shape index (κ1) is 32.3. The average Bonchev–Trinajstić information content (AvgIpc) is 3.07. The molecule has 1 aromatic heterocycles. The van der Waals surface area contributed by atoms with E-state index in [9.17, 15) is 14.7 Å². The summed E-state index contributed by atoms with van der Waals surface area (Å²) in [5, 5.41) is 13.1. The first-order valence-electron chi connectivity index (χ1n) is 14.9. The smallest absolute Gasteiger partial charge is 0.303 e. The Labute approximate surface area is 267 Å². The Kier molecular flexibility index (Phi) is 11.0. The molecule has 1 saturated heterocycles. The van der Waals surface area contributed by atoms with E-state index < -0.39 is 18.4 Å². The molecule has 0 saturated carbocycles. The van der Waals surface area contributed by atoms with E-state index in [0.717, 1.165) is 33.4 Å². The van der Waals surface area contributed by atoms with E-state index in [1.807, 2.05) is 66.7 Å². The molecule has 0 spiro atoms. The Morgan fingerprint density at radius 2 is 1.64 bits per heavy atom. The maximum absolute atomic E-state index is 12.3. The van der Waals surface area contributed by atoms with Crippen molar-refractivity contribution in [1.29, 1.82) is 0 Å². The normalized spacial score (nSPS) is 20.3. The van der Waals surface area contributed by atoms with Gasteiger partial charge in [0.25, 0.3) is 5.91 Å². The monoisotopic (exact) mass is 627 g/mol. The minimum Gasteiger partial charge on any atom is -0.453 e. The molecule has 0 aliphatic carbocycles. The number of aliphatic hydroxyl groups excluding tert-OH is 1. The van der Waals surface area contributed by atoms with E-state index in [2.05, 4.69) is 28.3 Å². The Balaban J connectivity index is 1.35. The minimum atomic E-state index is -0.862. The van der Waals surface area contributed by atoms with Gasteiger partial charge in [0.2, 0.25) is 0 Å². The van der Waals surface area contributed by atoms with Crippen LogP contribution in [-0.2, 0) is 37.0 Å². The molecule has 1 aliphatic rings. The fourth-order valence-electron chi connectivity index (χ4n) is 5.19.